The zero-order valence-corrected chi connectivity index (χ0v) is 46.1. The predicted molar refractivity (Wildman–Crippen MR) is 340 cm³/mol. The second-order valence-corrected chi connectivity index (χ2v) is 22.7. The highest BCUT2D eigenvalue weighted by Crippen LogP contribution is 2.46. The fourth-order valence-corrected chi connectivity index (χ4v) is 11.4. The minimum absolute atomic E-state index is 0.114. The maximum absolute atomic E-state index is 14.9. The first kappa shape index (κ1) is 51.3. The molecule has 0 saturated carbocycles. The lowest BCUT2D eigenvalue weighted by Gasteiger charge is -2.31. The van der Waals surface area contributed by atoms with E-state index in [1.807, 2.05) is 0 Å². The molecule has 12 aromatic rings. The first-order valence-electron chi connectivity index (χ1n) is 27.8. The summed E-state index contributed by atoms with van der Waals surface area (Å²) in [5, 5.41) is 7.09. The molecule has 0 heterocycles. The minimum Gasteiger partial charge on any atom is -0.310 e. The topological polar surface area (TPSA) is 13.0 Å². The predicted octanol–water partition coefficient (Wildman–Crippen LogP) is 21.9. The number of halogens is 1. The lowest BCUT2D eigenvalue weighted by atomic mass is 9.87. The van der Waals surface area contributed by atoms with E-state index in [9.17, 15) is 4.39 Å². The molecule has 0 bridgehead atoms. The summed E-state index contributed by atoms with van der Waals surface area (Å²) in [5.41, 5.74) is 13.7. The van der Waals surface area contributed by atoms with Crippen molar-refractivity contribution in [2.24, 2.45) is 5.41 Å². The fraction of sp³-hybridized carbons (Fsp3) is 0.120. The van der Waals surface area contributed by atoms with Crippen molar-refractivity contribution in [2.75, 3.05) is 19.6 Å². The van der Waals surface area contributed by atoms with E-state index in [0.717, 1.165) is 91.0 Å². The highest BCUT2D eigenvalue weighted by Gasteiger charge is 2.24. The summed E-state index contributed by atoms with van der Waals surface area (Å²) < 4.78 is 14.9. The molecule has 0 saturated heterocycles. The second-order valence-electron chi connectivity index (χ2n) is 22.7. The van der Waals surface area contributed by atoms with Crippen LogP contribution in [0.2, 0.25) is 0 Å². The number of para-hydroxylation sites is 2. The Morgan fingerprint density at radius 2 is 0.575 bits per heavy atom. The summed E-state index contributed by atoms with van der Waals surface area (Å²) >= 11 is 0. The van der Waals surface area contributed by atoms with E-state index in [0.29, 0.717) is 6.42 Å². The number of fused-ring (bicyclic) bond motifs is 3. The molecule has 0 radical (unpaired) electrons. The van der Waals surface area contributed by atoms with Crippen LogP contribution in [-0.4, -0.2) is 5.67 Å². The molecule has 4 nitrogen and oxygen atoms in total. The molecule has 80 heavy (non-hydrogen) atoms. The van der Waals surface area contributed by atoms with Crippen LogP contribution in [-0.2, 0) is 12.8 Å². The Balaban J connectivity index is 0.990. The van der Waals surface area contributed by atoms with Crippen molar-refractivity contribution < 1.29 is 4.39 Å². The minimum atomic E-state index is -1.31. The number of alkyl halides is 1. The van der Waals surface area contributed by atoms with Crippen molar-refractivity contribution >= 4 is 101 Å². The van der Waals surface area contributed by atoms with Gasteiger partial charge in [0.15, 0.2) is 0 Å². The largest absolute Gasteiger partial charge is 0.310 e. The molecule has 392 valence electrons. The lowest BCUT2D eigenvalue weighted by Crippen LogP contribution is -2.16. The highest BCUT2D eigenvalue weighted by atomic mass is 19.1. The molecule has 0 atom stereocenters. The SMILES string of the molecule is CC(C)(C)Cc1cc(N(c2ccccc2)c2ccc(N(c3ccc(N(c4ccccc4)c4cccc5ccccc45)cc3)c3ccc(N(c4ccc(CC(C)(C)F)cc4)c4cccc5ccccc45)cc3)cc2)c2ccccc2c1. The summed E-state index contributed by atoms with van der Waals surface area (Å²) in [7, 11) is 0. The molecule has 0 aliphatic heterocycles. The van der Waals surface area contributed by atoms with Gasteiger partial charge in [-0.2, -0.15) is 0 Å². The van der Waals surface area contributed by atoms with Gasteiger partial charge in [0.25, 0.3) is 0 Å². The maximum Gasteiger partial charge on any atom is 0.109 e. The smallest absolute Gasteiger partial charge is 0.109 e. The van der Waals surface area contributed by atoms with Crippen molar-refractivity contribution in [1.29, 1.82) is 0 Å². The van der Waals surface area contributed by atoms with E-state index in [4.69, 9.17) is 0 Å². The van der Waals surface area contributed by atoms with E-state index in [2.05, 4.69) is 319 Å². The summed E-state index contributed by atoms with van der Waals surface area (Å²) in [4.78, 5) is 9.42. The first-order valence-corrected chi connectivity index (χ1v) is 27.8. The number of benzene rings is 12. The Bertz CT molecular complexity index is 4060. The number of nitrogens with zero attached hydrogens (tertiary/aromatic N) is 4. The van der Waals surface area contributed by atoms with Gasteiger partial charge in [-0.3, -0.25) is 0 Å². The summed E-state index contributed by atoms with van der Waals surface area (Å²) in [5.74, 6) is 0. The Labute approximate surface area is 470 Å². The van der Waals surface area contributed by atoms with Crippen LogP contribution < -0.4 is 19.6 Å². The normalized spacial score (nSPS) is 11.7. The van der Waals surface area contributed by atoms with Crippen LogP contribution in [0.1, 0.15) is 45.7 Å². The number of hydrogen-bond donors (Lipinski definition) is 0. The molecule has 0 unspecified atom stereocenters. The van der Waals surface area contributed by atoms with E-state index < -0.39 is 5.67 Å². The van der Waals surface area contributed by atoms with Crippen molar-refractivity contribution in [3.63, 3.8) is 0 Å². The van der Waals surface area contributed by atoms with Gasteiger partial charge < -0.3 is 19.6 Å². The van der Waals surface area contributed by atoms with E-state index in [1.54, 1.807) is 13.8 Å². The zero-order valence-electron chi connectivity index (χ0n) is 46.1. The van der Waals surface area contributed by atoms with Crippen LogP contribution in [0.15, 0.2) is 279 Å². The third-order valence-electron chi connectivity index (χ3n) is 14.8. The molecule has 0 aliphatic rings. The zero-order chi connectivity index (χ0) is 54.8. The molecule has 12 rings (SSSR count). The number of anilines is 12. The van der Waals surface area contributed by atoms with Crippen molar-refractivity contribution in [3.8, 4) is 0 Å². The number of hydrogen-bond acceptors (Lipinski definition) is 4. The maximum atomic E-state index is 14.9. The summed E-state index contributed by atoms with van der Waals surface area (Å²) in [6.45, 7) is 10.2. The Morgan fingerprint density at radius 1 is 0.263 bits per heavy atom. The van der Waals surface area contributed by atoms with E-state index >= 15 is 0 Å². The average Bonchev–Trinajstić information content (AvgIpc) is 3.50. The second kappa shape index (κ2) is 21.8. The quantitative estimate of drug-likeness (QED) is 0.101. The van der Waals surface area contributed by atoms with Crippen molar-refractivity contribution in [1.82, 2.24) is 0 Å². The Morgan fingerprint density at radius 3 is 0.975 bits per heavy atom. The standard InChI is InChI=1S/C75H65FN4/c1-74(2,3)52-55-50-58-22-14-17-31-70(58)73(51-55)80(60-27-10-7-11-28-60)67-48-42-63(43-49-67)77(61-38-44-65(45-39-61)78(59-25-8-6-9-26-59)71-32-18-23-56-20-12-15-29-68(56)71)62-40-46-66(47-41-62)79(64-36-34-54(35-37-64)53-75(4,5)76)72-33-19-24-57-21-13-16-30-69(57)72/h6-51H,52-53H2,1-5H3. The molecular formula is C75H65FN4. The first-order chi connectivity index (χ1) is 38.9. The monoisotopic (exact) mass is 1040 g/mol. The molecular weight excluding hydrogens is 976 g/mol. The lowest BCUT2D eigenvalue weighted by molar-refractivity contribution is 0.217. The van der Waals surface area contributed by atoms with Crippen LogP contribution in [0, 0.1) is 5.41 Å². The van der Waals surface area contributed by atoms with E-state index in [1.165, 1.54) is 27.1 Å². The third kappa shape index (κ3) is 10.9. The highest BCUT2D eigenvalue weighted by molar-refractivity contribution is 6.02. The van der Waals surface area contributed by atoms with Gasteiger partial charge in [-0.05, 0) is 180 Å². The van der Waals surface area contributed by atoms with E-state index in [-0.39, 0.29) is 5.41 Å². The van der Waals surface area contributed by atoms with Gasteiger partial charge in [-0.25, -0.2) is 4.39 Å². The van der Waals surface area contributed by atoms with Gasteiger partial charge in [0.2, 0.25) is 0 Å². The van der Waals surface area contributed by atoms with Crippen LogP contribution in [0.3, 0.4) is 0 Å². The molecule has 0 N–H and O–H groups in total. The molecule has 5 heteroatoms. The van der Waals surface area contributed by atoms with Gasteiger partial charge in [-0.15, -0.1) is 0 Å². The molecule has 0 aromatic heterocycles. The van der Waals surface area contributed by atoms with Crippen molar-refractivity contribution in [2.45, 2.75) is 53.1 Å². The number of rotatable bonds is 15. The van der Waals surface area contributed by atoms with Crippen LogP contribution >= 0.6 is 0 Å². The molecule has 0 spiro atoms. The molecule has 0 amide bonds. The Hall–Kier alpha value is -9.45. The average molecular weight is 1040 g/mol. The van der Waals surface area contributed by atoms with Gasteiger partial charge in [-0.1, -0.05) is 172 Å². The molecule has 12 aromatic carbocycles. The summed E-state index contributed by atoms with van der Waals surface area (Å²) in [6, 6.07) is 100. The van der Waals surface area contributed by atoms with Crippen molar-refractivity contribution in [3.05, 3.63) is 290 Å². The molecule has 0 aliphatic carbocycles. The van der Waals surface area contributed by atoms with Crippen LogP contribution in [0.4, 0.5) is 72.6 Å². The fourth-order valence-electron chi connectivity index (χ4n) is 11.4. The van der Waals surface area contributed by atoms with Gasteiger partial charge in [0.05, 0.1) is 17.1 Å². The van der Waals surface area contributed by atoms with Crippen LogP contribution in [0.5, 0.6) is 0 Å². The molecule has 0 fully saturated rings. The Kier molecular flexibility index (Phi) is 14.0. The summed E-state index contributed by atoms with van der Waals surface area (Å²) in [6.07, 6.45) is 1.29. The van der Waals surface area contributed by atoms with Gasteiger partial charge in [0, 0.05) is 73.8 Å². The van der Waals surface area contributed by atoms with Crippen LogP contribution in [0.25, 0.3) is 32.3 Å². The third-order valence-corrected chi connectivity index (χ3v) is 14.8. The van der Waals surface area contributed by atoms with Gasteiger partial charge in [0.1, 0.15) is 5.67 Å². The van der Waals surface area contributed by atoms with Gasteiger partial charge >= 0.3 is 0 Å².